The molecule has 2 aromatic rings. The SMILES string of the molecule is O=C1Nc2ccc(-c3ccc(Cl)cc3F)cc2C(=O)N2CCN(C(=O)CC3CC3)CC12. The molecule has 0 bridgehead atoms. The van der Waals surface area contributed by atoms with E-state index in [2.05, 4.69) is 5.32 Å². The number of hydrogen-bond acceptors (Lipinski definition) is 3. The summed E-state index contributed by atoms with van der Waals surface area (Å²) >= 11 is 5.85. The van der Waals surface area contributed by atoms with Crippen molar-refractivity contribution >= 4 is 35.0 Å². The average Bonchev–Trinajstić information content (AvgIpc) is 3.57. The van der Waals surface area contributed by atoms with E-state index in [-0.39, 0.29) is 35.8 Å². The van der Waals surface area contributed by atoms with Gasteiger partial charge in [-0.15, -0.1) is 0 Å². The van der Waals surface area contributed by atoms with Gasteiger partial charge < -0.3 is 15.1 Å². The summed E-state index contributed by atoms with van der Waals surface area (Å²) in [4.78, 5) is 41.9. The van der Waals surface area contributed by atoms with Crippen molar-refractivity contribution < 1.29 is 18.8 Å². The predicted molar refractivity (Wildman–Crippen MR) is 114 cm³/mol. The van der Waals surface area contributed by atoms with Crippen LogP contribution < -0.4 is 5.32 Å². The number of nitrogens with zero attached hydrogens (tertiary/aromatic N) is 2. The van der Waals surface area contributed by atoms with Gasteiger partial charge in [0.05, 0.1) is 17.8 Å². The second-order valence-electron chi connectivity index (χ2n) is 8.38. The van der Waals surface area contributed by atoms with Gasteiger partial charge in [-0.3, -0.25) is 14.4 Å². The van der Waals surface area contributed by atoms with Crippen LogP contribution in [-0.4, -0.2) is 53.2 Å². The Hall–Kier alpha value is -2.93. The number of anilines is 1. The molecule has 0 radical (unpaired) electrons. The molecule has 1 aliphatic carbocycles. The first-order chi connectivity index (χ1) is 14.9. The lowest BCUT2D eigenvalue weighted by Gasteiger charge is -2.39. The maximum atomic E-state index is 14.4. The fourth-order valence-corrected chi connectivity index (χ4v) is 4.43. The molecule has 3 amide bonds. The van der Waals surface area contributed by atoms with Gasteiger partial charge in [0.1, 0.15) is 11.9 Å². The van der Waals surface area contributed by atoms with Crippen LogP contribution in [0.2, 0.25) is 5.02 Å². The first-order valence-electron chi connectivity index (χ1n) is 10.4. The van der Waals surface area contributed by atoms with Crippen molar-refractivity contribution in [2.24, 2.45) is 5.92 Å². The summed E-state index contributed by atoms with van der Waals surface area (Å²) < 4.78 is 14.4. The highest BCUT2D eigenvalue weighted by Gasteiger charge is 2.41. The van der Waals surface area contributed by atoms with Crippen LogP contribution in [0.4, 0.5) is 10.1 Å². The summed E-state index contributed by atoms with van der Waals surface area (Å²) in [5, 5.41) is 3.10. The van der Waals surface area contributed by atoms with E-state index < -0.39 is 11.9 Å². The molecule has 3 aliphatic rings. The quantitative estimate of drug-likeness (QED) is 0.791. The van der Waals surface area contributed by atoms with E-state index in [0.29, 0.717) is 41.3 Å². The highest BCUT2D eigenvalue weighted by Crippen LogP contribution is 2.34. The molecule has 1 N–H and O–H groups in total. The van der Waals surface area contributed by atoms with Gasteiger partial charge in [-0.1, -0.05) is 17.7 Å². The third kappa shape index (κ3) is 3.78. The van der Waals surface area contributed by atoms with E-state index in [0.717, 1.165) is 12.8 Å². The van der Waals surface area contributed by atoms with Crippen molar-refractivity contribution in [3.05, 3.63) is 52.8 Å². The Bertz CT molecular complexity index is 1100. The summed E-state index contributed by atoms with van der Waals surface area (Å²) in [6, 6.07) is 8.50. The molecule has 1 saturated heterocycles. The summed E-state index contributed by atoms with van der Waals surface area (Å²) in [7, 11) is 0. The van der Waals surface area contributed by atoms with Gasteiger partial charge in [0.15, 0.2) is 0 Å². The first kappa shape index (κ1) is 20.0. The lowest BCUT2D eigenvalue weighted by atomic mass is 10.0. The van der Waals surface area contributed by atoms with Gasteiger partial charge in [0.2, 0.25) is 11.8 Å². The highest BCUT2D eigenvalue weighted by atomic mass is 35.5. The van der Waals surface area contributed by atoms with Gasteiger partial charge >= 0.3 is 0 Å². The number of piperazine rings is 1. The highest BCUT2D eigenvalue weighted by molar-refractivity contribution is 6.30. The Labute approximate surface area is 184 Å². The number of fused-ring (bicyclic) bond motifs is 2. The summed E-state index contributed by atoms with van der Waals surface area (Å²) in [5.74, 6) is -0.598. The van der Waals surface area contributed by atoms with E-state index in [1.54, 1.807) is 35.2 Å². The van der Waals surface area contributed by atoms with Crippen LogP contribution in [0.25, 0.3) is 11.1 Å². The zero-order valence-electron chi connectivity index (χ0n) is 16.7. The van der Waals surface area contributed by atoms with Crippen molar-refractivity contribution in [3.8, 4) is 11.1 Å². The minimum atomic E-state index is -0.743. The van der Waals surface area contributed by atoms with Crippen molar-refractivity contribution in [2.75, 3.05) is 25.0 Å². The van der Waals surface area contributed by atoms with Crippen molar-refractivity contribution in [1.29, 1.82) is 0 Å². The molecule has 5 rings (SSSR count). The lowest BCUT2D eigenvalue weighted by molar-refractivity contribution is -0.136. The number of hydrogen-bond donors (Lipinski definition) is 1. The smallest absolute Gasteiger partial charge is 0.256 e. The molecular weight excluding hydrogens is 421 g/mol. The standard InChI is InChI=1S/C23H21ClFN3O3/c24-15-4-5-16(18(25)11-15)14-3-6-19-17(10-14)23(31)28-8-7-27(12-20(28)22(30)26-19)21(29)9-13-1-2-13/h3-6,10-11,13,20H,1-2,7-9,12H2,(H,26,30). The third-order valence-corrected chi connectivity index (χ3v) is 6.44. The molecule has 31 heavy (non-hydrogen) atoms. The summed E-state index contributed by atoms with van der Waals surface area (Å²) in [6.45, 7) is 0.879. The van der Waals surface area contributed by atoms with Crippen LogP contribution in [0.15, 0.2) is 36.4 Å². The minimum Gasteiger partial charge on any atom is -0.338 e. The number of carbonyl (C=O) groups is 3. The zero-order valence-corrected chi connectivity index (χ0v) is 17.5. The van der Waals surface area contributed by atoms with Crippen LogP contribution in [-0.2, 0) is 9.59 Å². The van der Waals surface area contributed by atoms with Crippen molar-refractivity contribution in [1.82, 2.24) is 9.80 Å². The molecule has 1 saturated carbocycles. The molecular formula is C23H21ClFN3O3. The maximum absolute atomic E-state index is 14.4. The van der Waals surface area contributed by atoms with Gasteiger partial charge in [-0.2, -0.15) is 0 Å². The van der Waals surface area contributed by atoms with Crippen LogP contribution in [0.5, 0.6) is 0 Å². The number of amides is 3. The van der Waals surface area contributed by atoms with Gasteiger partial charge in [0, 0.05) is 30.1 Å². The molecule has 160 valence electrons. The maximum Gasteiger partial charge on any atom is 0.256 e. The molecule has 0 spiro atoms. The molecule has 2 aliphatic heterocycles. The number of halogens is 2. The number of carbonyl (C=O) groups excluding carboxylic acids is 3. The van der Waals surface area contributed by atoms with E-state index in [1.165, 1.54) is 11.0 Å². The Morgan fingerprint density at radius 1 is 1.10 bits per heavy atom. The zero-order chi connectivity index (χ0) is 21.7. The Kier molecular flexibility index (Phi) is 4.93. The predicted octanol–water partition coefficient (Wildman–Crippen LogP) is 3.55. The molecule has 0 aromatic heterocycles. The minimum absolute atomic E-state index is 0.0460. The molecule has 6 nitrogen and oxygen atoms in total. The number of rotatable bonds is 3. The van der Waals surface area contributed by atoms with Gasteiger partial charge in [0.25, 0.3) is 5.91 Å². The Morgan fingerprint density at radius 2 is 1.90 bits per heavy atom. The first-order valence-corrected chi connectivity index (χ1v) is 10.8. The Morgan fingerprint density at radius 3 is 2.65 bits per heavy atom. The molecule has 2 aromatic carbocycles. The van der Waals surface area contributed by atoms with Gasteiger partial charge in [-0.05, 0) is 54.7 Å². The van der Waals surface area contributed by atoms with Crippen LogP contribution in [0.3, 0.4) is 0 Å². The fourth-order valence-electron chi connectivity index (χ4n) is 4.27. The second kappa shape index (κ2) is 7.64. The molecule has 8 heteroatoms. The second-order valence-corrected chi connectivity index (χ2v) is 8.81. The number of nitrogens with one attached hydrogen (secondary N) is 1. The van der Waals surface area contributed by atoms with Crippen LogP contribution >= 0.6 is 11.6 Å². The largest absolute Gasteiger partial charge is 0.338 e. The molecule has 2 heterocycles. The van der Waals surface area contributed by atoms with Crippen LogP contribution in [0.1, 0.15) is 29.6 Å². The lowest BCUT2D eigenvalue weighted by Crippen LogP contribution is -2.59. The third-order valence-electron chi connectivity index (χ3n) is 6.21. The van der Waals surface area contributed by atoms with E-state index in [9.17, 15) is 18.8 Å². The average molecular weight is 442 g/mol. The van der Waals surface area contributed by atoms with Crippen molar-refractivity contribution in [3.63, 3.8) is 0 Å². The fraction of sp³-hybridized carbons (Fsp3) is 0.348. The van der Waals surface area contributed by atoms with E-state index in [4.69, 9.17) is 11.6 Å². The molecule has 1 atom stereocenters. The Balaban J connectivity index is 1.43. The van der Waals surface area contributed by atoms with E-state index in [1.807, 2.05) is 0 Å². The van der Waals surface area contributed by atoms with Crippen LogP contribution in [0, 0.1) is 11.7 Å². The monoisotopic (exact) mass is 441 g/mol. The molecule has 2 fully saturated rings. The van der Waals surface area contributed by atoms with E-state index >= 15 is 0 Å². The molecule has 1 unspecified atom stereocenters. The summed E-state index contributed by atoms with van der Waals surface area (Å²) in [6.07, 6.45) is 2.68. The normalized spacial score (nSPS) is 20.6. The summed E-state index contributed by atoms with van der Waals surface area (Å²) in [5.41, 5.74) is 1.54. The number of benzene rings is 2. The topological polar surface area (TPSA) is 69.7 Å². The van der Waals surface area contributed by atoms with Gasteiger partial charge in [-0.25, -0.2) is 4.39 Å². The van der Waals surface area contributed by atoms with Crippen molar-refractivity contribution in [2.45, 2.75) is 25.3 Å².